The summed E-state index contributed by atoms with van der Waals surface area (Å²) >= 11 is 0. The Morgan fingerprint density at radius 1 is 0.929 bits per heavy atom. The zero-order valence-electron chi connectivity index (χ0n) is 14.0. The average Bonchev–Trinajstić information content (AvgIpc) is 2.60. The molecule has 0 saturated heterocycles. The van der Waals surface area contributed by atoms with Crippen molar-refractivity contribution in [3.8, 4) is 17.2 Å². The second-order valence-corrected chi connectivity index (χ2v) is 6.69. The quantitative estimate of drug-likeness (QED) is 0.556. The first-order chi connectivity index (χ1) is 12.9. The lowest BCUT2D eigenvalue weighted by atomic mass is 10.3. The highest BCUT2D eigenvalue weighted by Gasteiger charge is 2.37. The molecule has 0 aromatic heterocycles. The van der Waals surface area contributed by atoms with Crippen LogP contribution in [0, 0.1) is 17.5 Å². The van der Waals surface area contributed by atoms with E-state index < -0.39 is 44.5 Å². The molecule has 2 aromatic carbocycles. The molecule has 0 saturated carbocycles. The second-order valence-electron chi connectivity index (χ2n) is 5.04. The molecule has 0 unspecified atom stereocenters. The van der Waals surface area contributed by atoms with Gasteiger partial charge in [-0.3, -0.25) is 4.72 Å². The lowest BCUT2D eigenvalue weighted by Crippen LogP contribution is -2.21. The molecule has 0 heterocycles. The zero-order valence-corrected chi connectivity index (χ0v) is 14.8. The number of ether oxygens (including phenoxy) is 3. The number of rotatable bonds is 6. The average molecular weight is 431 g/mol. The topological polar surface area (TPSA) is 73.9 Å². The summed E-state index contributed by atoms with van der Waals surface area (Å²) in [5.41, 5.74) is -0.200. The molecule has 0 amide bonds. The van der Waals surface area contributed by atoms with Crippen molar-refractivity contribution in [1.29, 1.82) is 0 Å². The lowest BCUT2D eigenvalue weighted by molar-refractivity contribution is -0.276. The van der Waals surface area contributed by atoms with Crippen molar-refractivity contribution in [2.45, 2.75) is 11.3 Å². The number of benzene rings is 2. The van der Waals surface area contributed by atoms with Gasteiger partial charge in [-0.05, 0) is 12.1 Å². The maximum atomic E-state index is 14.0. The molecule has 0 radical (unpaired) electrons. The van der Waals surface area contributed by atoms with Crippen molar-refractivity contribution < 1.29 is 49.0 Å². The van der Waals surface area contributed by atoms with E-state index >= 15 is 0 Å². The fourth-order valence-electron chi connectivity index (χ4n) is 2.07. The van der Waals surface area contributed by atoms with Crippen molar-refractivity contribution in [2.24, 2.45) is 0 Å². The smallest absolute Gasteiger partial charge is 0.493 e. The van der Waals surface area contributed by atoms with Crippen molar-refractivity contribution in [2.75, 3.05) is 18.9 Å². The van der Waals surface area contributed by atoms with Crippen LogP contribution in [0.25, 0.3) is 0 Å². The van der Waals surface area contributed by atoms with Crippen LogP contribution in [0.1, 0.15) is 0 Å². The normalized spacial score (nSPS) is 11.9. The van der Waals surface area contributed by atoms with E-state index in [1.807, 2.05) is 4.72 Å². The van der Waals surface area contributed by atoms with Gasteiger partial charge in [0.15, 0.2) is 23.1 Å². The third kappa shape index (κ3) is 4.52. The van der Waals surface area contributed by atoms with E-state index in [0.717, 1.165) is 6.07 Å². The molecule has 0 aliphatic heterocycles. The maximum absolute atomic E-state index is 14.0. The molecule has 0 fully saturated rings. The summed E-state index contributed by atoms with van der Waals surface area (Å²) < 4.78 is 117. The van der Waals surface area contributed by atoms with Gasteiger partial charge < -0.3 is 14.2 Å². The monoisotopic (exact) mass is 431 g/mol. The van der Waals surface area contributed by atoms with Gasteiger partial charge in [-0.2, -0.15) is 4.39 Å². The van der Waals surface area contributed by atoms with E-state index in [-0.39, 0.29) is 23.3 Å². The van der Waals surface area contributed by atoms with Gasteiger partial charge in [-0.1, -0.05) is 0 Å². The molecular weight excluding hydrogens is 420 g/mol. The van der Waals surface area contributed by atoms with Crippen molar-refractivity contribution >= 4 is 15.7 Å². The van der Waals surface area contributed by atoms with Crippen LogP contribution >= 0.6 is 0 Å². The predicted molar refractivity (Wildman–Crippen MR) is 83.4 cm³/mol. The van der Waals surface area contributed by atoms with Crippen LogP contribution in [0.2, 0.25) is 0 Å². The van der Waals surface area contributed by atoms with Crippen LogP contribution < -0.4 is 18.9 Å². The predicted octanol–water partition coefficient (Wildman–Crippen LogP) is 3.82. The van der Waals surface area contributed by atoms with E-state index in [4.69, 9.17) is 9.47 Å². The Labute approximate surface area is 154 Å². The van der Waals surface area contributed by atoms with Crippen LogP contribution in [-0.2, 0) is 10.0 Å². The van der Waals surface area contributed by atoms with Crippen LogP contribution in [0.4, 0.5) is 32.0 Å². The van der Waals surface area contributed by atoms with E-state index in [2.05, 4.69) is 4.74 Å². The number of hydrogen-bond acceptors (Lipinski definition) is 5. The number of nitrogens with one attached hydrogen (secondary N) is 1. The summed E-state index contributed by atoms with van der Waals surface area (Å²) in [4.78, 5) is -1.56. The minimum Gasteiger partial charge on any atom is -0.493 e. The van der Waals surface area contributed by atoms with E-state index in [0.29, 0.717) is 0 Å². The largest absolute Gasteiger partial charge is 0.573 e. The fourth-order valence-corrected chi connectivity index (χ4v) is 3.20. The maximum Gasteiger partial charge on any atom is 0.573 e. The first-order valence-electron chi connectivity index (χ1n) is 7.07. The van der Waals surface area contributed by atoms with Gasteiger partial charge in [-0.25, -0.2) is 17.2 Å². The Kier molecular flexibility index (Phi) is 5.87. The van der Waals surface area contributed by atoms with Crippen molar-refractivity contribution in [1.82, 2.24) is 0 Å². The first kappa shape index (κ1) is 21.5. The summed E-state index contributed by atoms with van der Waals surface area (Å²) in [6.45, 7) is 0. The Morgan fingerprint density at radius 3 is 2.07 bits per heavy atom. The number of halogens is 6. The number of hydrogen-bond donors (Lipinski definition) is 1. The number of methoxy groups -OCH3 is 2. The highest BCUT2D eigenvalue weighted by atomic mass is 32.2. The van der Waals surface area contributed by atoms with Crippen LogP contribution in [0.15, 0.2) is 29.2 Å². The Morgan fingerprint density at radius 2 is 1.54 bits per heavy atom. The number of sulfonamides is 1. The third-order valence-corrected chi connectivity index (χ3v) is 4.61. The third-order valence-electron chi connectivity index (χ3n) is 3.23. The summed E-state index contributed by atoms with van der Waals surface area (Å²) in [5.74, 6) is -8.59. The second kappa shape index (κ2) is 7.66. The minimum absolute atomic E-state index is 0.0782. The van der Waals surface area contributed by atoms with Gasteiger partial charge >= 0.3 is 6.36 Å². The molecule has 0 spiro atoms. The molecule has 154 valence electrons. The number of alkyl halides is 3. The highest BCUT2D eigenvalue weighted by Crippen LogP contribution is 2.35. The highest BCUT2D eigenvalue weighted by molar-refractivity contribution is 7.92. The molecule has 28 heavy (non-hydrogen) atoms. The Hall–Kier alpha value is -2.83. The standard InChI is InChI=1S/C15H11F6NO5S/c1-25-9-4-3-7(5-10(9)26-2)22-28(23,24)11-6-8(16)14(13(18)12(11)17)27-15(19,20)21/h3-6,22H,1-2H3. The van der Waals surface area contributed by atoms with Crippen molar-refractivity contribution in [3.05, 3.63) is 41.7 Å². The lowest BCUT2D eigenvalue weighted by Gasteiger charge is -2.15. The van der Waals surface area contributed by atoms with E-state index in [1.165, 1.54) is 26.4 Å². The molecule has 6 nitrogen and oxygen atoms in total. The summed E-state index contributed by atoms with van der Waals surface area (Å²) in [7, 11) is -2.37. The minimum atomic E-state index is -5.52. The van der Waals surface area contributed by atoms with Gasteiger partial charge in [0.05, 0.1) is 19.9 Å². The van der Waals surface area contributed by atoms with Crippen molar-refractivity contribution in [3.63, 3.8) is 0 Å². The zero-order chi connectivity index (χ0) is 21.3. The van der Waals surface area contributed by atoms with Crippen LogP contribution in [0.3, 0.4) is 0 Å². The molecule has 13 heteroatoms. The summed E-state index contributed by atoms with van der Waals surface area (Å²) in [6, 6.07) is 3.45. The summed E-state index contributed by atoms with van der Waals surface area (Å²) in [5, 5.41) is 0. The molecule has 0 bridgehead atoms. The fraction of sp³-hybridized carbons (Fsp3) is 0.200. The summed E-state index contributed by atoms with van der Waals surface area (Å²) in [6.07, 6.45) is -5.52. The molecule has 0 aliphatic carbocycles. The number of anilines is 1. The van der Waals surface area contributed by atoms with Gasteiger partial charge in [0.1, 0.15) is 4.90 Å². The van der Waals surface area contributed by atoms with E-state index in [9.17, 15) is 34.8 Å². The van der Waals surface area contributed by atoms with Gasteiger partial charge in [0, 0.05) is 12.1 Å². The van der Waals surface area contributed by atoms with E-state index in [1.54, 1.807) is 0 Å². The SMILES string of the molecule is COc1ccc(NS(=O)(=O)c2cc(F)c(OC(F)(F)F)c(F)c2F)cc1OC. The first-order valence-corrected chi connectivity index (χ1v) is 8.56. The van der Waals surface area contributed by atoms with Crippen LogP contribution in [0.5, 0.6) is 17.2 Å². The molecule has 2 aromatic rings. The Bertz CT molecular complexity index is 993. The molecule has 1 N–H and O–H groups in total. The van der Waals surface area contributed by atoms with Gasteiger partial charge in [0.2, 0.25) is 11.6 Å². The van der Waals surface area contributed by atoms with Gasteiger partial charge in [0.25, 0.3) is 10.0 Å². The van der Waals surface area contributed by atoms with Gasteiger partial charge in [-0.15, -0.1) is 13.2 Å². The molecule has 2 rings (SSSR count). The molecule has 0 atom stereocenters. The molecule has 0 aliphatic rings. The molecular formula is C15H11F6NO5S. The Balaban J connectivity index is 2.46. The van der Waals surface area contributed by atoms with Crippen LogP contribution in [-0.4, -0.2) is 29.0 Å².